The number of aryl methyl sites for hydroxylation is 2. The summed E-state index contributed by atoms with van der Waals surface area (Å²) in [7, 11) is 1.66. The van der Waals surface area contributed by atoms with Gasteiger partial charge in [-0.3, -0.25) is 9.48 Å². The van der Waals surface area contributed by atoms with Crippen LogP contribution in [0.25, 0.3) is 0 Å². The normalized spacial score (nSPS) is 17.0. The lowest BCUT2D eigenvalue weighted by Crippen LogP contribution is -2.31. The highest BCUT2D eigenvalue weighted by Crippen LogP contribution is 2.27. The number of likely N-dealkylation sites (tertiary alicyclic amines) is 1. The fraction of sp³-hybridized carbons (Fsp3) is 0.545. The third kappa shape index (κ3) is 4.16. The van der Waals surface area contributed by atoms with Gasteiger partial charge < -0.3 is 15.0 Å². The van der Waals surface area contributed by atoms with E-state index in [2.05, 4.69) is 16.1 Å². The summed E-state index contributed by atoms with van der Waals surface area (Å²) in [6.45, 7) is 3.35. The summed E-state index contributed by atoms with van der Waals surface area (Å²) in [6, 6.07) is 7.85. The Bertz CT molecular complexity index is 798. The van der Waals surface area contributed by atoms with E-state index in [1.165, 1.54) is 31.4 Å². The zero-order chi connectivity index (χ0) is 19.3. The van der Waals surface area contributed by atoms with Crippen LogP contribution in [0.4, 0.5) is 5.69 Å². The highest BCUT2D eigenvalue weighted by molar-refractivity contribution is 5.95. The molecule has 3 heterocycles. The quantitative estimate of drug-likeness (QED) is 0.853. The Morgan fingerprint density at radius 3 is 2.61 bits per heavy atom. The van der Waals surface area contributed by atoms with Gasteiger partial charge in [0.2, 0.25) is 0 Å². The summed E-state index contributed by atoms with van der Waals surface area (Å²) in [4.78, 5) is 14.9. The highest BCUT2D eigenvalue weighted by Gasteiger charge is 2.19. The van der Waals surface area contributed by atoms with Crippen LogP contribution in [0.5, 0.6) is 5.75 Å². The maximum absolute atomic E-state index is 13.0. The average Bonchev–Trinajstić information content (AvgIpc) is 2.95. The maximum Gasteiger partial charge on any atom is 0.253 e. The number of nitrogens with zero attached hydrogens (tertiary/aromatic N) is 3. The summed E-state index contributed by atoms with van der Waals surface area (Å²) in [5.41, 5.74) is 3.91. The Balaban J connectivity index is 1.48. The Morgan fingerprint density at radius 2 is 1.86 bits per heavy atom. The molecule has 0 bridgehead atoms. The molecule has 1 amide bonds. The molecule has 6 heteroatoms. The molecule has 1 N–H and O–H groups in total. The molecule has 150 valence electrons. The van der Waals surface area contributed by atoms with E-state index in [0.29, 0.717) is 12.1 Å². The lowest BCUT2D eigenvalue weighted by Gasteiger charge is -2.21. The number of amides is 1. The fourth-order valence-electron chi connectivity index (χ4n) is 4.19. The van der Waals surface area contributed by atoms with Gasteiger partial charge in [0, 0.05) is 30.9 Å². The van der Waals surface area contributed by atoms with Gasteiger partial charge in [0.05, 0.1) is 25.0 Å². The largest absolute Gasteiger partial charge is 0.495 e. The minimum Gasteiger partial charge on any atom is -0.495 e. The van der Waals surface area contributed by atoms with Gasteiger partial charge in [0.1, 0.15) is 5.75 Å². The van der Waals surface area contributed by atoms with Crippen LogP contribution in [-0.4, -0.2) is 40.8 Å². The fourth-order valence-corrected chi connectivity index (χ4v) is 4.19. The molecule has 28 heavy (non-hydrogen) atoms. The van der Waals surface area contributed by atoms with Crippen LogP contribution >= 0.6 is 0 Å². The van der Waals surface area contributed by atoms with Gasteiger partial charge in [-0.25, -0.2) is 0 Å². The molecule has 0 saturated carbocycles. The lowest BCUT2D eigenvalue weighted by atomic mass is 10.1. The van der Waals surface area contributed by atoms with E-state index in [9.17, 15) is 4.79 Å². The van der Waals surface area contributed by atoms with Gasteiger partial charge in [0.15, 0.2) is 0 Å². The Labute approximate surface area is 166 Å². The van der Waals surface area contributed by atoms with E-state index in [1.807, 2.05) is 23.1 Å². The van der Waals surface area contributed by atoms with E-state index in [0.717, 1.165) is 56.0 Å². The number of anilines is 1. The topological polar surface area (TPSA) is 59.4 Å². The van der Waals surface area contributed by atoms with Crippen LogP contribution in [0.2, 0.25) is 0 Å². The number of ether oxygens (including phenoxy) is 1. The maximum atomic E-state index is 13.0. The predicted molar refractivity (Wildman–Crippen MR) is 110 cm³/mol. The van der Waals surface area contributed by atoms with Crippen molar-refractivity contribution < 1.29 is 9.53 Å². The molecule has 2 aliphatic rings. The van der Waals surface area contributed by atoms with E-state index >= 15 is 0 Å². The molecular weight excluding hydrogens is 352 g/mol. The van der Waals surface area contributed by atoms with Crippen molar-refractivity contribution in [3.05, 3.63) is 41.2 Å². The first-order valence-corrected chi connectivity index (χ1v) is 10.5. The summed E-state index contributed by atoms with van der Waals surface area (Å²) in [5.74, 6) is 0.862. The number of nitrogens with one attached hydrogen (secondary N) is 1. The second-order valence-corrected chi connectivity index (χ2v) is 7.78. The number of methoxy groups -OCH3 is 1. The minimum absolute atomic E-state index is 0.116. The summed E-state index contributed by atoms with van der Waals surface area (Å²) in [5, 5.41) is 8.13. The number of benzene rings is 1. The van der Waals surface area contributed by atoms with Crippen LogP contribution < -0.4 is 10.1 Å². The van der Waals surface area contributed by atoms with Gasteiger partial charge >= 0.3 is 0 Å². The molecule has 0 radical (unpaired) electrons. The monoisotopic (exact) mass is 382 g/mol. The van der Waals surface area contributed by atoms with Gasteiger partial charge in [0.25, 0.3) is 5.91 Å². The van der Waals surface area contributed by atoms with E-state index in [1.54, 1.807) is 7.11 Å². The zero-order valence-electron chi connectivity index (χ0n) is 16.7. The van der Waals surface area contributed by atoms with Crippen molar-refractivity contribution in [3.8, 4) is 5.75 Å². The molecule has 1 aromatic carbocycles. The SMILES string of the molecule is COc1ccc(C(=O)N2CCCCCC2)cc1NCc1cc2n(n1)CCCC2. The van der Waals surface area contributed by atoms with Crippen molar-refractivity contribution in [3.63, 3.8) is 0 Å². The summed E-state index contributed by atoms with van der Waals surface area (Å²) < 4.78 is 7.62. The second kappa shape index (κ2) is 8.67. The summed E-state index contributed by atoms with van der Waals surface area (Å²) >= 11 is 0. The van der Waals surface area contributed by atoms with Crippen LogP contribution in [0.15, 0.2) is 24.3 Å². The average molecular weight is 383 g/mol. The molecule has 0 spiro atoms. The van der Waals surface area contributed by atoms with Crippen LogP contribution in [0, 0.1) is 0 Å². The third-order valence-electron chi connectivity index (χ3n) is 5.77. The van der Waals surface area contributed by atoms with Crippen molar-refractivity contribution in [2.75, 3.05) is 25.5 Å². The van der Waals surface area contributed by atoms with Gasteiger partial charge in [-0.1, -0.05) is 12.8 Å². The van der Waals surface area contributed by atoms with Crippen molar-refractivity contribution in [2.45, 2.75) is 58.0 Å². The number of carbonyl (C=O) groups is 1. The molecule has 0 atom stereocenters. The van der Waals surface area contributed by atoms with Crippen LogP contribution in [-0.2, 0) is 19.5 Å². The number of aromatic nitrogens is 2. The van der Waals surface area contributed by atoms with Crippen LogP contribution in [0.1, 0.15) is 60.3 Å². The smallest absolute Gasteiger partial charge is 0.253 e. The zero-order valence-corrected chi connectivity index (χ0v) is 16.7. The predicted octanol–water partition coefficient (Wildman–Crippen LogP) is 3.86. The van der Waals surface area contributed by atoms with Gasteiger partial charge in [-0.2, -0.15) is 5.10 Å². The van der Waals surface area contributed by atoms with E-state index in [4.69, 9.17) is 9.84 Å². The molecule has 2 aromatic rings. The first-order chi connectivity index (χ1) is 13.7. The molecular formula is C22H30N4O2. The van der Waals surface area contributed by atoms with Crippen molar-refractivity contribution in [1.29, 1.82) is 0 Å². The molecule has 6 nitrogen and oxygen atoms in total. The number of rotatable bonds is 5. The number of hydrogen-bond acceptors (Lipinski definition) is 4. The number of carbonyl (C=O) groups excluding carboxylic acids is 1. The van der Waals surface area contributed by atoms with Gasteiger partial charge in [-0.05, 0) is 56.4 Å². The van der Waals surface area contributed by atoms with Crippen molar-refractivity contribution in [1.82, 2.24) is 14.7 Å². The molecule has 1 saturated heterocycles. The Kier molecular flexibility index (Phi) is 5.84. The first-order valence-electron chi connectivity index (χ1n) is 10.5. The molecule has 0 aliphatic carbocycles. The molecule has 4 rings (SSSR count). The summed E-state index contributed by atoms with van der Waals surface area (Å²) in [6.07, 6.45) is 8.18. The van der Waals surface area contributed by atoms with Crippen molar-refractivity contribution >= 4 is 11.6 Å². The molecule has 0 unspecified atom stereocenters. The van der Waals surface area contributed by atoms with Gasteiger partial charge in [-0.15, -0.1) is 0 Å². The van der Waals surface area contributed by atoms with E-state index in [-0.39, 0.29) is 5.91 Å². The highest BCUT2D eigenvalue weighted by atomic mass is 16.5. The van der Waals surface area contributed by atoms with Crippen molar-refractivity contribution in [2.24, 2.45) is 0 Å². The number of fused-ring (bicyclic) bond motifs is 1. The first kappa shape index (κ1) is 18.8. The lowest BCUT2D eigenvalue weighted by molar-refractivity contribution is 0.0761. The third-order valence-corrected chi connectivity index (χ3v) is 5.77. The van der Waals surface area contributed by atoms with E-state index < -0.39 is 0 Å². The minimum atomic E-state index is 0.116. The standard InChI is InChI=1S/C22H30N4O2/c1-28-21-10-9-17(22(27)25-11-5-2-3-6-12-25)14-20(21)23-16-18-15-19-8-4-7-13-26(19)24-18/h9-10,14-15,23H,2-8,11-13,16H2,1H3. The Hall–Kier alpha value is -2.50. The number of hydrogen-bond donors (Lipinski definition) is 1. The molecule has 2 aliphatic heterocycles. The second-order valence-electron chi connectivity index (χ2n) is 7.78. The Morgan fingerprint density at radius 1 is 1.07 bits per heavy atom. The molecule has 1 aromatic heterocycles. The molecule has 1 fully saturated rings. The van der Waals surface area contributed by atoms with Crippen LogP contribution in [0.3, 0.4) is 0 Å².